The molecule has 98 valence electrons. The molecule has 0 bridgehead atoms. The van der Waals surface area contributed by atoms with Crippen molar-refractivity contribution in [3.63, 3.8) is 0 Å². The van der Waals surface area contributed by atoms with Crippen molar-refractivity contribution in [3.05, 3.63) is 65.7 Å². The van der Waals surface area contributed by atoms with E-state index in [1.807, 2.05) is 37.3 Å². The first-order valence-electron chi connectivity index (χ1n) is 6.80. The van der Waals surface area contributed by atoms with Crippen molar-refractivity contribution >= 4 is 0 Å². The van der Waals surface area contributed by atoms with Gasteiger partial charge in [-0.15, -0.1) is 0 Å². The average molecular weight is 254 g/mol. The van der Waals surface area contributed by atoms with E-state index in [1.54, 1.807) is 0 Å². The normalized spacial score (nSPS) is 21.5. The van der Waals surface area contributed by atoms with Gasteiger partial charge in [0.1, 0.15) is 5.75 Å². The molecule has 1 aliphatic rings. The first-order valence-corrected chi connectivity index (χ1v) is 6.80. The molecule has 2 aromatic carbocycles. The van der Waals surface area contributed by atoms with E-state index in [9.17, 15) is 0 Å². The summed E-state index contributed by atoms with van der Waals surface area (Å²) < 4.78 is 12.2. The standard InChI is InChI=1S/C17H18O2/c1-2-18-17(15-9-4-3-5-10-15)13-12-14-8-6-7-11-16(14)19-17/h3-11H,2,12-13H2,1H3. The van der Waals surface area contributed by atoms with Crippen LogP contribution in [0.1, 0.15) is 24.5 Å². The van der Waals surface area contributed by atoms with Crippen LogP contribution in [0.4, 0.5) is 0 Å². The zero-order valence-electron chi connectivity index (χ0n) is 11.1. The lowest BCUT2D eigenvalue weighted by atomic mass is 9.94. The molecule has 2 nitrogen and oxygen atoms in total. The lowest BCUT2D eigenvalue weighted by Crippen LogP contribution is -2.39. The molecule has 0 N–H and O–H groups in total. The van der Waals surface area contributed by atoms with Crippen molar-refractivity contribution in [2.24, 2.45) is 0 Å². The van der Waals surface area contributed by atoms with E-state index >= 15 is 0 Å². The fourth-order valence-electron chi connectivity index (χ4n) is 2.65. The first-order chi connectivity index (χ1) is 9.34. The van der Waals surface area contributed by atoms with E-state index in [0.717, 1.165) is 24.2 Å². The van der Waals surface area contributed by atoms with Crippen LogP contribution in [0.5, 0.6) is 5.75 Å². The Hall–Kier alpha value is -1.80. The number of benzene rings is 2. The van der Waals surface area contributed by atoms with Gasteiger partial charge in [0.05, 0.1) is 0 Å². The Morgan fingerprint density at radius 3 is 2.58 bits per heavy atom. The van der Waals surface area contributed by atoms with Crippen molar-refractivity contribution in [3.8, 4) is 5.75 Å². The Kier molecular flexibility index (Phi) is 3.26. The monoisotopic (exact) mass is 254 g/mol. The first kappa shape index (κ1) is 12.2. The van der Waals surface area contributed by atoms with E-state index < -0.39 is 5.79 Å². The Morgan fingerprint density at radius 1 is 1.05 bits per heavy atom. The number of rotatable bonds is 3. The molecule has 0 saturated carbocycles. The predicted octanol–water partition coefficient (Wildman–Crippen LogP) is 3.90. The Bertz CT molecular complexity index is 550. The predicted molar refractivity (Wildman–Crippen MR) is 75.1 cm³/mol. The highest BCUT2D eigenvalue weighted by Gasteiger charge is 2.38. The van der Waals surface area contributed by atoms with Crippen molar-refractivity contribution in [1.82, 2.24) is 0 Å². The van der Waals surface area contributed by atoms with Gasteiger partial charge in [0.25, 0.3) is 0 Å². The fraction of sp³-hybridized carbons (Fsp3) is 0.294. The lowest BCUT2D eigenvalue weighted by Gasteiger charge is -2.38. The van der Waals surface area contributed by atoms with Gasteiger partial charge in [-0.05, 0) is 25.0 Å². The molecular formula is C17H18O2. The molecular weight excluding hydrogens is 236 g/mol. The SMILES string of the molecule is CCOC1(c2ccccc2)CCc2ccccc2O1. The van der Waals surface area contributed by atoms with Crippen LogP contribution < -0.4 is 4.74 Å². The van der Waals surface area contributed by atoms with Gasteiger partial charge in [0, 0.05) is 18.6 Å². The molecule has 0 spiro atoms. The minimum Gasteiger partial charge on any atom is -0.458 e. The minimum atomic E-state index is -0.635. The Morgan fingerprint density at radius 2 is 1.79 bits per heavy atom. The maximum Gasteiger partial charge on any atom is 0.237 e. The summed E-state index contributed by atoms with van der Waals surface area (Å²) in [7, 11) is 0. The van der Waals surface area contributed by atoms with Crippen LogP contribution in [0.15, 0.2) is 54.6 Å². The topological polar surface area (TPSA) is 18.5 Å². The number of hydrogen-bond acceptors (Lipinski definition) is 2. The van der Waals surface area contributed by atoms with Gasteiger partial charge in [0.15, 0.2) is 0 Å². The van der Waals surface area contributed by atoms with Gasteiger partial charge in [-0.2, -0.15) is 0 Å². The molecule has 3 rings (SSSR count). The summed E-state index contributed by atoms with van der Waals surface area (Å²) >= 11 is 0. The second kappa shape index (κ2) is 5.06. The third-order valence-electron chi connectivity index (χ3n) is 3.56. The van der Waals surface area contributed by atoms with Crippen LogP contribution in [0.25, 0.3) is 0 Å². The summed E-state index contributed by atoms with van der Waals surface area (Å²) in [5, 5.41) is 0. The molecule has 1 unspecified atom stereocenters. The molecule has 0 aliphatic carbocycles. The molecule has 0 radical (unpaired) electrons. The van der Waals surface area contributed by atoms with Crippen molar-refractivity contribution in [1.29, 1.82) is 0 Å². The van der Waals surface area contributed by atoms with Gasteiger partial charge < -0.3 is 9.47 Å². The Labute approximate surface area is 114 Å². The van der Waals surface area contributed by atoms with E-state index in [-0.39, 0.29) is 0 Å². The van der Waals surface area contributed by atoms with Crippen LogP contribution in [-0.2, 0) is 16.9 Å². The zero-order valence-corrected chi connectivity index (χ0v) is 11.1. The smallest absolute Gasteiger partial charge is 0.237 e. The lowest BCUT2D eigenvalue weighted by molar-refractivity contribution is -0.199. The molecule has 1 heterocycles. The molecule has 0 fully saturated rings. The number of aryl methyl sites for hydroxylation is 1. The van der Waals surface area contributed by atoms with Gasteiger partial charge in [-0.1, -0.05) is 48.5 Å². The summed E-state index contributed by atoms with van der Waals surface area (Å²) in [4.78, 5) is 0. The highest BCUT2D eigenvalue weighted by atomic mass is 16.7. The quantitative estimate of drug-likeness (QED) is 0.827. The van der Waals surface area contributed by atoms with Gasteiger partial charge >= 0.3 is 0 Å². The van der Waals surface area contributed by atoms with Gasteiger partial charge in [-0.25, -0.2) is 0 Å². The maximum absolute atomic E-state index is 6.22. The van der Waals surface area contributed by atoms with E-state index in [4.69, 9.17) is 9.47 Å². The van der Waals surface area contributed by atoms with Crippen LogP contribution >= 0.6 is 0 Å². The highest BCUT2D eigenvalue weighted by Crippen LogP contribution is 2.40. The number of ether oxygens (including phenoxy) is 2. The summed E-state index contributed by atoms with van der Waals surface area (Å²) in [6.45, 7) is 2.64. The molecule has 2 heteroatoms. The highest BCUT2D eigenvalue weighted by molar-refractivity contribution is 5.37. The molecule has 1 atom stereocenters. The fourth-order valence-corrected chi connectivity index (χ4v) is 2.65. The summed E-state index contributed by atoms with van der Waals surface area (Å²) in [5.74, 6) is 0.302. The third kappa shape index (κ3) is 2.24. The van der Waals surface area contributed by atoms with Gasteiger partial charge in [0.2, 0.25) is 5.79 Å². The molecule has 0 aromatic heterocycles. The third-order valence-corrected chi connectivity index (χ3v) is 3.56. The van der Waals surface area contributed by atoms with E-state index in [2.05, 4.69) is 24.3 Å². The maximum atomic E-state index is 6.22. The van der Waals surface area contributed by atoms with Crippen molar-refractivity contribution in [2.75, 3.05) is 6.61 Å². The molecule has 0 saturated heterocycles. The number of para-hydroxylation sites is 1. The average Bonchev–Trinajstić information content (AvgIpc) is 2.48. The molecule has 2 aromatic rings. The van der Waals surface area contributed by atoms with Crippen LogP contribution in [0.3, 0.4) is 0 Å². The number of fused-ring (bicyclic) bond motifs is 1. The van der Waals surface area contributed by atoms with E-state index in [1.165, 1.54) is 5.56 Å². The van der Waals surface area contributed by atoms with Gasteiger partial charge in [-0.3, -0.25) is 0 Å². The van der Waals surface area contributed by atoms with Crippen molar-refractivity contribution in [2.45, 2.75) is 25.6 Å². The van der Waals surface area contributed by atoms with Crippen LogP contribution in [0, 0.1) is 0 Å². The Balaban J connectivity index is 2.00. The number of hydrogen-bond donors (Lipinski definition) is 0. The summed E-state index contributed by atoms with van der Waals surface area (Å²) in [6.07, 6.45) is 1.83. The van der Waals surface area contributed by atoms with E-state index in [0.29, 0.717) is 6.61 Å². The second-order valence-corrected chi connectivity index (χ2v) is 4.76. The summed E-state index contributed by atoms with van der Waals surface area (Å²) in [5.41, 5.74) is 2.35. The second-order valence-electron chi connectivity index (χ2n) is 4.76. The van der Waals surface area contributed by atoms with Crippen LogP contribution in [-0.4, -0.2) is 6.61 Å². The van der Waals surface area contributed by atoms with Crippen molar-refractivity contribution < 1.29 is 9.47 Å². The molecule has 0 amide bonds. The molecule has 19 heavy (non-hydrogen) atoms. The largest absolute Gasteiger partial charge is 0.458 e. The van der Waals surface area contributed by atoms with Crippen LogP contribution in [0.2, 0.25) is 0 Å². The minimum absolute atomic E-state index is 0.635. The summed E-state index contributed by atoms with van der Waals surface area (Å²) in [6, 6.07) is 18.4. The molecule has 1 aliphatic heterocycles. The zero-order chi connectivity index (χ0) is 13.1.